The van der Waals surface area contributed by atoms with Crippen molar-refractivity contribution in [3.05, 3.63) is 35.5 Å². The van der Waals surface area contributed by atoms with Gasteiger partial charge in [0.25, 0.3) is 0 Å². The van der Waals surface area contributed by atoms with Crippen molar-refractivity contribution in [3.8, 4) is 11.3 Å². The number of hydroxylamine groups is 1. The zero-order valence-electron chi connectivity index (χ0n) is 13.9. The van der Waals surface area contributed by atoms with Gasteiger partial charge in [-0.2, -0.15) is 15.0 Å². The van der Waals surface area contributed by atoms with Crippen LogP contribution in [0.2, 0.25) is 5.02 Å². The zero-order chi connectivity index (χ0) is 18.8. The third kappa shape index (κ3) is 4.05. The van der Waals surface area contributed by atoms with Crippen LogP contribution in [0.4, 0.5) is 0 Å². The van der Waals surface area contributed by atoms with Gasteiger partial charge in [-0.3, -0.25) is 10.0 Å². The zero-order valence-corrected chi connectivity index (χ0v) is 15.5. The van der Waals surface area contributed by atoms with E-state index >= 15 is 0 Å². The van der Waals surface area contributed by atoms with E-state index in [1.165, 1.54) is 4.80 Å². The molecular weight excluding hydrogens is 380 g/mol. The Kier molecular flexibility index (Phi) is 5.31. The summed E-state index contributed by atoms with van der Waals surface area (Å²) >= 11 is 5.88. The van der Waals surface area contributed by atoms with Crippen LogP contribution in [-0.2, 0) is 21.2 Å². The number of nitrogens with zero attached hydrogens (tertiary/aromatic N) is 3. The molecule has 0 atom stereocenters. The van der Waals surface area contributed by atoms with E-state index in [-0.39, 0.29) is 24.3 Å². The molecule has 1 aromatic carbocycles. The van der Waals surface area contributed by atoms with Crippen molar-refractivity contribution in [2.45, 2.75) is 25.8 Å². The minimum absolute atomic E-state index is 0.0665. The quantitative estimate of drug-likeness (QED) is 0.585. The fourth-order valence-electron chi connectivity index (χ4n) is 3.11. The highest BCUT2D eigenvalue weighted by Crippen LogP contribution is 2.36. The number of nitrogens with one attached hydrogen (secondary N) is 1. The van der Waals surface area contributed by atoms with Crippen molar-refractivity contribution in [1.29, 1.82) is 0 Å². The number of carbonyl (C=O) groups excluding carboxylic acids is 1. The molecule has 10 heteroatoms. The molecule has 3 rings (SSSR count). The van der Waals surface area contributed by atoms with Crippen LogP contribution in [0.3, 0.4) is 0 Å². The van der Waals surface area contributed by atoms with Gasteiger partial charge in [-0.25, -0.2) is 13.9 Å². The number of carbonyl (C=O) groups is 1. The summed E-state index contributed by atoms with van der Waals surface area (Å²) in [5.74, 6) is -0.691. The molecule has 0 unspecified atom stereocenters. The fourth-order valence-corrected chi connectivity index (χ4v) is 4.84. The number of rotatable bonds is 5. The topological polar surface area (TPSA) is 114 Å². The van der Waals surface area contributed by atoms with Crippen LogP contribution in [0.25, 0.3) is 11.3 Å². The number of aryl methyl sites for hydroxylation is 1. The van der Waals surface area contributed by atoms with Crippen molar-refractivity contribution >= 4 is 27.3 Å². The van der Waals surface area contributed by atoms with Crippen LogP contribution in [0.1, 0.15) is 19.3 Å². The van der Waals surface area contributed by atoms with Gasteiger partial charge in [0.05, 0.1) is 29.7 Å². The Morgan fingerprint density at radius 1 is 1.27 bits per heavy atom. The normalized spacial score (nSPS) is 18.4. The molecule has 1 saturated heterocycles. The van der Waals surface area contributed by atoms with Gasteiger partial charge in [0.1, 0.15) is 15.5 Å². The highest BCUT2D eigenvalue weighted by molar-refractivity contribution is 7.91. The summed E-state index contributed by atoms with van der Waals surface area (Å²) in [6.07, 6.45) is 2.30. The monoisotopic (exact) mass is 398 g/mol. The molecule has 1 aromatic heterocycles. The molecule has 2 aromatic rings. The third-order valence-electron chi connectivity index (χ3n) is 4.83. The molecule has 1 fully saturated rings. The van der Waals surface area contributed by atoms with Gasteiger partial charge >= 0.3 is 0 Å². The number of aromatic nitrogens is 3. The second kappa shape index (κ2) is 7.34. The fraction of sp³-hybridized carbons (Fsp3) is 0.438. The second-order valence-electron chi connectivity index (χ2n) is 6.46. The first-order valence-corrected chi connectivity index (χ1v) is 10.3. The average Bonchev–Trinajstić information content (AvgIpc) is 3.10. The van der Waals surface area contributed by atoms with E-state index in [1.54, 1.807) is 23.8 Å². The molecule has 2 heterocycles. The maximum Gasteiger partial charge on any atom is 0.249 e. The van der Waals surface area contributed by atoms with Crippen molar-refractivity contribution < 1.29 is 18.4 Å². The lowest BCUT2D eigenvalue weighted by Crippen LogP contribution is -2.45. The van der Waals surface area contributed by atoms with Crippen molar-refractivity contribution in [2.24, 2.45) is 5.41 Å². The maximum atomic E-state index is 12.2. The van der Waals surface area contributed by atoms with Crippen molar-refractivity contribution in [1.82, 2.24) is 20.5 Å². The van der Waals surface area contributed by atoms with Crippen LogP contribution in [0.15, 0.2) is 30.5 Å². The molecule has 8 nitrogen and oxygen atoms in total. The summed E-state index contributed by atoms with van der Waals surface area (Å²) in [5, 5.41) is 18.3. The second-order valence-corrected chi connectivity index (χ2v) is 9.20. The highest BCUT2D eigenvalue weighted by Gasteiger charge is 2.43. The summed E-state index contributed by atoms with van der Waals surface area (Å²) in [6.45, 7) is 0.334. The van der Waals surface area contributed by atoms with Crippen LogP contribution in [-0.4, -0.2) is 46.0 Å². The Morgan fingerprint density at radius 3 is 2.54 bits per heavy atom. The molecule has 1 aliphatic heterocycles. The number of amides is 1. The molecule has 26 heavy (non-hydrogen) atoms. The minimum atomic E-state index is -3.12. The summed E-state index contributed by atoms with van der Waals surface area (Å²) in [5.41, 5.74) is 2.29. The van der Waals surface area contributed by atoms with Gasteiger partial charge in [-0.15, -0.1) is 0 Å². The summed E-state index contributed by atoms with van der Waals surface area (Å²) in [7, 11) is -3.12. The molecular formula is C16H19ClN4O4S. The molecule has 0 bridgehead atoms. The smallest absolute Gasteiger partial charge is 0.249 e. The average molecular weight is 399 g/mol. The van der Waals surface area contributed by atoms with E-state index in [2.05, 4.69) is 10.2 Å². The first-order chi connectivity index (χ1) is 12.3. The molecule has 140 valence electrons. The lowest BCUT2D eigenvalue weighted by molar-refractivity contribution is -0.141. The summed E-state index contributed by atoms with van der Waals surface area (Å²) < 4.78 is 23.3. The predicted molar refractivity (Wildman–Crippen MR) is 95.3 cm³/mol. The third-order valence-corrected chi connectivity index (χ3v) is 6.74. The molecule has 2 N–H and O–H groups in total. The van der Waals surface area contributed by atoms with E-state index < -0.39 is 21.2 Å². The highest BCUT2D eigenvalue weighted by atomic mass is 35.5. The first-order valence-electron chi connectivity index (χ1n) is 8.15. The van der Waals surface area contributed by atoms with Crippen molar-refractivity contribution in [2.75, 3.05) is 11.5 Å². The Morgan fingerprint density at radius 2 is 1.92 bits per heavy atom. The van der Waals surface area contributed by atoms with Gasteiger partial charge < -0.3 is 0 Å². The van der Waals surface area contributed by atoms with Crippen LogP contribution < -0.4 is 5.48 Å². The number of halogens is 1. The molecule has 1 amide bonds. The van der Waals surface area contributed by atoms with Gasteiger partial charge in [-0.1, -0.05) is 23.7 Å². The van der Waals surface area contributed by atoms with Gasteiger partial charge in [0.15, 0.2) is 0 Å². The molecule has 1 aliphatic rings. The Labute approximate surface area is 156 Å². The lowest BCUT2D eigenvalue weighted by atomic mass is 9.78. The number of sulfone groups is 1. The molecule has 0 spiro atoms. The predicted octanol–water partition coefficient (Wildman–Crippen LogP) is 1.69. The van der Waals surface area contributed by atoms with Gasteiger partial charge in [-0.05, 0) is 31.4 Å². The Bertz CT molecular complexity index is 881. The van der Waals surface area contributed by atoms with E-state index in [1.807, 2.05) is 12.1 Å². The van der Waals surface area contributed by atoms with Gasteiger partial charge in [0, 0.05) is 10.6 Å². The van der Waals surface area contributed by atoms with E-state index in [4.69, 9.17) is 16.8 Å². The lowest BCUT2D eigenvalue weighted by Gasteiger charge is -2.34. The Balaban J connectivity index is 1.72. The number of hydrogen-bond donors (Lipinski definition) is 2. The molecule has 0 saturated carbocycles. The van der Waals surface area contributed by atoms with Crippen molar-refractivity contribution in [3.63, 3.8) is 0 Å². The first kappa shape index (κ1) is 18.8. The summed E-state index contributed by atoms with van der Waals surface area (Å²) in [6, 6.07) is 7.20. The summed E-state index contributed by atoms with van der Waals surface area (Å²) in [4.78, 5) is 13.6. The van der Waals surface area contributed by atoms with Gasteiger partial charge in [0.2, 0.25) is 5.91 Å². The van der Waals surface area contributed by atoms with Crippen LogP contribution >= 0.6 is 11.6 Å². The minimum Gasteiger partial charge on any atom is -0.289 e. The molecule has 0 aliphatic carbocycles. The SMILES string of the molecule is O=C(NO)C1(CCn2ncc(-c3ccc(Cl)cc3)n2)CCS(=O)(=O)CC1. The molecule has 0 radical (unpaired) electrons. The van der Waals surface area contributed by atoms with Crippen LogP contribution in [0.5, 0.6) is 0 Å². The standard InChI is InChI=1S/C16H19ClN4O4S/c17-13-3-1-12(2-4-13)14-11-18-21(19-14)8-5-16(15(22)20-23)6-9-26(24,25)10-7-16/h1-4,11,23H,5-10H2,(H,20,22). The van der Waals surface area contributed by atoms with E-state index in [9.17, 15) is 13.2 Å². The van der Waals surface area contributed by atoms with Crippen LogP contribution in [0, 0.1) is 5.41 Å². The largest absolute Gasteiger partial charge is 0.289 e. The Hall–Kier alpha value is -1.97. The van der Waals surface area contributed by atoms with E-state index in [0.29, 0.717) is 23.7 Å². The number of hydrogen-bond acceptors (Lipinski definition) is 6. The number of benzene rings is 1. The maximum absolute atomic E-state index is 12.2. The van der Waals surface area contributed by atoms with E-state index in [0.717, 1.165) is 5.56 Å².